The van der Waals surface area contributed by atoms with Crippen molar-refractivity contribution in [1.82, 2.24) is 9.97 Å². The summed E-state index contributed by atoms with van der Waals surface area (Å²) in [7, 11) is 0. The number of nitrogens with one attached hydrogen (secondary N) is 1. The Bertz CT molecular complexity index is 237. The van der Waals surface area contributed by atoms with Gasteiger partial charge in [0.15, 0.2) is 0 Å². The van der Waals surface area contributed by atoms with Gasteiger partial charge >= 0.3 is 5.97 Å². The van der Waals surface area contributed by atoms with Crippen molar-refractivity contribution in [2.45, 2.75) is 12.5 Å². The number of aromatic amines is 1. The maximum Gasteiger partial charge on any atom is 0.320 e. The normalized spacial score (nSPS) is 11.8. The monoisotopic (exact) mass is 195 g/mol. The van der Waals surface area contributed by atoms with Crippen LogP contribution in [0.5, 0.6) is 0 Å². The minimum absolute atomic E-state index is 0. The Morgan fingerprint density at radius 3 is 2.92 bits per heavy atom. The average molecular weight is 195 g/mol. The Hall–Kier alpha value is -0.100. The molecule has 1 heterocycles. The zero-order chi connectivity index (χ0) is 8.27. The third-order valence-electron chi connectivity index (χ3n) is 1.30. The number of carboxylic acids is 1. The van der Waals surface area contributed by atoms with Gasteiger partial charge in [0, 0.05) is 50.4 Å². The van der Waals surface area contributed by atoms with E-state index < -0.39 is 12.0 Å². The number of hydrogen-bond donors (Lipinski definition) is 3. The first-order chi connectivity index (χ1) is 5.20. The van der Waals surface area contributed by atoms with Crippen LogP contribution in [0.1, 0.15) is 5.69 Å². The number of H-pyrrole nitrogens is 1. The molecule has 1 unspecified atom stereocenters. The van der Waals surface area contributed by atoms with Crippen LogP contribution in [0.3, 0.4) is 0 Å². The zero-order valence-corrected chi connectivity index (χ0v) is 6.88. The molecule has 0 aliphatic rings. The number of carbonyl (C=O) groups is 1. The van der Waals surface area contributed by atoms with Crippen LogP contribution in [-0.4, -0.2) is 27.1 Å². The van der Waals surface area contributed by atoms with Gasteiger partial charge in [-0.15, -0.1) is 0 Å². The molecule has 0 amide bonds. The van der Waals surface area contributed by atoms with Crippen LogP contribution in [0.15, 0.2) is 12.5 Å². The van der Waals surface area contributed by atoms with Gasteiger partial charge in [0.1, 0.15) is 6.04 Å². The number of hydrogen-bond acceptors (Lipinski definition) is 3. The van der Waals surface area contributed by atoms with Crippen molar-refractivity contribution >= 4 is 5.97 Å². The van der Waals surface area contributed by atoms with E-state index in [0.717, 1.165) is 0 Å². The summed E-state index contributed by atoms with van der Waals surface area (Å²) in [5.74, 6) is -1.01. The van der Waals surface area contributed by atoms with Gasteiger partial charge in [0.2, 0.25) is 0 Å². The summed E-state index contributed by atoms with van der Waals surface area (Å²) in [6.07, 6.45) is 3.38. The molecule has 0 aliphatic carbocycles. The van der Waals surface area contributed by atoms with E-state index >= 15 is 0 Å². The van der Waals surface area contributed by atoms with Gasteiger partial charge in [0.05, 0.1) is 12.0 Å². The SMILES string of the molecule is NC(Cc1c[nH]cn1)C(=O)O.[Ar]. The Kier molecular flexibility index (Phi) is 5.48. The molecule has 0 saturated heterocycles. The fourth-order valence-corrected chi connectivity index (χ4v) is 0.715. The summed E-state index contributed by atoms with van der Waals surface area (Å²) in [4.78, 5) is 16.8. The molecule has 1 aromatic heterocycles. The van der Waals surface area contributed by atoms with Crippen LogP contribution in [0, 0.1) is 37.7 Å². The molecule has 0 aromatic carbocycles. The maximum atomic E-state index is 10.3. The van der Waals surface area contributed by atoms with E-state index in [9.17, 15) is 4.79 Å². The molecule has 0 bridgehead atoms. The second kappa shape index (κ2) is 5.53. The number of rotatable bonds is 3. The van der Waals surface area contributed by atoms with Gasteiger partial charge in [-0.3, -0.25) is 4.79 Å². The Morgan fingerprint density at radius 1 is 1.83 bits per heavy atom. The van der Waals surface area contributed by atoms with Gasteiger partial charge < -0.3 is 15.8 Å². The van der Waals surface area contributed by atoms with E-state index in [-0.39, 0.29) is 44.2 Å². The molecule has 12 heavy (non-hydrogen) atoms. The fraction of sp³-hybridized carbons (Fsp3) is 0.333. The summed E-state index contributed by atoms with van der Waals surface area (Å²) in [5, 5.41) is 8.42. The zero-order valence-electron chi connectivity index (χ0n) is 6.17. The number of nitrogens with zero attached hydrogens (tertiary/aromatic N) is 1. The molecule has 1 atom stereocenters. The van der Waals surface area contributed by atoms with E-state index in [0.29, 0.717) is 5.69 Å². The second-order valence-electron chi connectivity index (χ2n) is 2.21. The van der Waals surface area contributed by atoms with E-state index in [1.165, 1.54) is 6.33 Å². The standard InChI is InChI=1S/C6H9N3O2.Ar/c7-5(6(10)11)1-4-2-8-3-9-4;/h2-3,5H,1,7H2,(H,8,9)(H,10,11);. The summed E-state index contributed by atoms with van der Waals surface area (Å²) in [6, 6.07) is -0.863. The third kappa shape index (κ3) is 3.53. The molecule has 0 fully saturated rings. The average Bonchev–Trinajstić information content (AvgIpc) is 2.39. The first kappa shape index (κ1) is 11.9. The fourth-order valence-electron chi connectivity index (χ4n) is 0.715. The van der Waals surface area contributed by atoms with Crippen LogP contribution in [0.2, 0.25) is 0 Å². The van der Waals surface area contributed by atoms with Crippen molar-refractivity contribution < 1.29 is 47.6 Å². The van der Waals surface area contributed by atoms with Gasteiger partial charge in [-0.25, -0.2) is 4.98 Å². The van der Waals surface area contributed by atoms with E-state index in [2.05, 4.69) is 9.97 Å². The second-order valence-corrected chi connectivity index (χ2v) is 2.21. The first-order valence-electron chi connectivity index (χ1n) is 3.16. The molecule has 1 aromatic rings. The van der Waals surface area contributed by atoms with Crippen molar-refractivity contribution in [2.75, 3.05) is 0 Å². The molecule has 0 radical (unpaired) electrons. The quantitative estimate of drug-likeness (QED) is 0.598. The van der Waals surface area contributed by atoms with Crippen molar-refractivity contribution in [2.24, 2.45) is 5.73 Å². The predicted molar refractivity (Wildman–Crippen MR) is 37.9 cm³/mol. The van der Waals surface area contributed by atoms with Gasteiger partial charge in [-0.05, 0) is 0 Å². The summed E-state index contributed by atoms with van der Waals surface area (Å²) < 4.78 is 0. The van der Waals surface area contributed by atoms with Crippen LogP contribution >= 0.6 is 0 Å². The van der Waals surface area contributed by atoms with Crippen LogP contribution in [-0.2, 0) is 11.2 Å². The number of aliphatic carboxylic acids is 1. The molecule has 0 spiro atoms. The molecule has 4 N–H and O–H groups in total. The number of nitrogens with two attached hydrogens (primary N) is 1. The number of imidazole rings is 1. The van der Waals surface area contributed by atoms with E-state index in [4.69, 9.17) is 10.8 Å². The van der Waals surface area contributed by atoms with Crippen LogP contribution in [0.25, 0.3) is 0 Å². The summed E-state index contributed by atoms with van der Waals surface area (Å²) in [5.41, 5.74) is 5.92. The van der Waals surface area contributed by atoms with Gasteiger partial charge in [-0.2, -0.15) is 0 Å². The molecule has 5 nitrogen and oxygen atoms in total. The number of aromatic nitrogens is 2. The molecular formula is C6H9ArN3O2. The molecule has 0 saturated carbocycles. The smallest absolute Gasteiger partial charge is 0.320 e. The van der Waals surface area contributed by atoms with Crippen LogP contribution < -0.4 is 5.73 Å². The Balaban J connectivity index is 0.00000121. The Morgan fingerprint density at radius 2 is 2.50 bits per heavy atom. The van der Waals surface area contributed by atoms with Gasteiger partial charge in [0.25, 0.3) is 0 Å². The van der Waals surface area contributed by atoms with Crippen molar-refractivity contribution in [1.29, 1.82) is 0 Å². The Labute approximate surface area is 99.4 Å². The molecule has 0 aliphatic heterocycles. The van der Waals surface area contributed by atoms with E-state index in [1.807, 2.05) is 0 Å². The summed E-state index contributed by atoms with van der Waals surface area (Å²) in [6.45, 7) is 0. The van der Waals surface area contributed by atoms with Gasteiger partial charge in [-0.1, -0.05) is 0 Å². The van der Waals surface area contributed by atoms with Crippen LogP contribution in [0.4, 0.5) is 0 Å². The van der Waals surface area contributed by atoms with E-state index in [1.54, 1.807) is 6.20 Å². The topological polar surface area (TPSA) is 92.0 Å². The minimum Gasteiger partial charge on any atom is -0.480 e. The van der Waals surface area contributed by atoms with Crippen molar-refractivity contribution in [3.05, 3.63) is 18.2 Å². The maximum absolute atomic E-state index is 10.3. The molecular weight excluding hydrogens is 186 g/mol. The molecule has 1 rings (SSSR count). The summed E-state index contributed by atoms with van der Waals surface area (Å²) >= 11 is 0. The van der Waals surface area contributed by atoms with Crippen molar-refractivity contribution in [3.8, 4) is 0 Å². The molecule has 6 heteroatoms. The first-order valence-corrected chi connectivity index (χ1v) is 3.16. The minimum atomic E-state index is -1.01. The molecule has 68 valence electrons. The predicted octanol–water partition coefficient (Wildman–Crippen LogP) is -0.636. The largest absolute Gasteiger partial charge is 0.480 e. The van der Waals surface area contributed by atoms with Crippen molar-refractivity contribution in [3.63, 3.8) is 0 Å². The third-order valence-corrected chi connectivity index (χ3v) is 1.30. The number of carboxylic acid groups (broad SMARTS) is 1.